The molecule has 4 nitrogen and oxygen atoms in total. The minimum atomic E-state index is -0.635. The van der Waals surface area contributed by atoms with Gasteiger partial charge in [0.25, 0.3) is 5.91 Å². The summed E-state index contributed by atoms with van der Waals surface area (Å²) in [5.74, 6) is 0.430. The van der Waals surface area contributed by atoms with Crippen molar-refractivity contribution >= 4 is 29.3 Å². The number of nitrogens with zero attached hydrogens (tertiary/aromatic N) is 1. The Bertz CT molecular complexity index is 1040. The van der Waals surface area contributed by atoms with Gasteiger partial charge in [0, 0.05) is 29.3 Å². The van der Waals surface area contributed by atoms with E-state index in [1.54, 1.807) is 22.7 Å². The molecule has 0 bridgehead atoms. The van der Waals surface area contributed by atoms with Gasteiger partial charge in [-0.2, -0.15) is 11.8 Å². The summed E-state index contributed by atoms with van der Waals surface area (Å²) < 4.78 is 13.2. The monoisotopic (exact) mass is 420 g/mol. The van der Waals surface area contributed by atoms with Gasteiger partial charge in [0.15, 0.2) is 0 Å². The maximum Gasteiger partial charge on any atom is 0.255 e. The van der Waals surface area contributed by atoms with E-state index < -0.39 is 6.04 Å². The van der Waals surface area contributed by atoms with Gasteiger partial charge >= 0.3 is 0 Å². The highest BCUT2D eigenvalue weighted by Gasteiger charge is 2.36. The van der Waals surface area contributed by atoms with Gasteiger partial charge < -0.3 is 10.2 Å². The quantitative estimate of drug-likeness (QED) is 0.602. The maximum atomic E-state index is 13.2. The van der Waals surface area contributed by atoms with Crippen LogP contribution in [0.15, 0.2) is 78.9 Å². The molecule has 1 heterocycles. The Morgan fingerprint density at radius 2 is 1.70 bits per heavy atom. The zero-order valence-corrected chi connectivity index (χ0v) is 17.1. The molecule has 1 aliphatic rings. The Kier molecular flexibility index (Phi) is 6.14. The molecule has 0 radical (unpaired) electrons. The molecule has 2 amide bonds. The molecule has 152 valence electrons. The summed E-state index contributed by atoms with van der Waals surface area (Å²) in [6, 6.07) is 22.4. The second-order valence-electron chi connectivity index (χ2n) is 7.10. The van der Waals surface area contributed by atoms with Crippen LogP contribution >= 0.6 is 11.8 Å². The van der Waals surface area contributed by atoms with Crippen molar-refractivity contribution < 1.29 is 14.0 Å². The third-order valence-corrected chi connectivity index (χ3v) is 6.12. The van der Waals surface area contributed by atoms with Crippen LogP contribution in [0, 0.1) is 5.82 Å². The molecule has 30 heavy (non-hydrogen) atoms. The van der Waals surface area contributed by atoms with Gasteiger partial charge in [-0.1, -0.05) is 48.5 Å². The number of carbonyl (C=O) groups is 2. The molecule has 0 aromatic heterocycles. The van der Waals surface area contributed by atoms with E-state index >= 15 is 0 Å². The van der Waals surface area contributed by atoms with Gasteiger partial charge in [0.1, 0.15) is 11.9 Å². The predicted molar refractivity (Wildman–Crippen MR) is 118 cm³/mol. The Hall–Kier alpha value is -3.12. The topological polar surface area (TPSA) is 49.4 Å². The van der Waals surface area contributed by atoms with E-state index in [0.29, 0.717) is 23.5 Å². The molecule has 6 heteroatoms. The molecule has 1 aliphatic heterocycles. The van der Waals surface area contributed by atoms with E-state index in [1.165, 1.54) is 24.3 Å². The molecule has 1 atom stereocenters. The van der Waals surface area contributed by atoms with Crippen molar-refractivity contribution in [3.63, 3.8) is 0 Å². The largest absolute Gasteiger partial charge is 0.324 e. The second-order valence-corrected chi connectivity index (χ2v) is 8.13. The number of hydrogen-bond donors (Lipinski definition) is 1. The Balaban J connectivity index is 1.51. The summed E-state index contributed by atoms with van der Waals surface area (Å²) in [4.78, 5) is 27.7. The molecule has 0 spiro atoms. The van der Waals surface area contributed by atoms with Gasteiger partial charge in [-0.25, -0.2) is 4.39 Å². The molecule has 4 rings (SSSR count). The van der Waals surface area contributed by atoms with Crippen molar-refractivity contribution in [1.82, 2.24) is 4.90 Å². The highest BCUT2D eigenvalue weighted by molar-refractivity contribution is 7.98. The molecule has 0 aliphatic carbocycles. The average molecular weight is 421 g/mol. The fraction of sp³-hybridized carbons (Fsp3) is 0.167. The Labute approximate surface area is 179 Å². The zero-order valence-electron chi connectivity index (χ0n) is 16.3. The number of carbonyl (C=O) groups excluding carboxylic acids is 2. The lowest BCUT2D eigenvalue weighted by atomic mass is 10.1. The van der Waals surface area contributed by atoms with Crippen LogP contribution in [0.25, 0.3) is 0 Å². The minimum absolute atomic E-state index is 0.134. The molecule has 0 fully saturated rings. The van der Waals surface area contributed by atoms with Crippen molar-refractivity contribution in [2.45, 2.75) is 18.3 Å². The van der Waals surface area contributed by atoms with E-state index in [9.17, 15) is 14.0 Å². The number of halogens is 1. The first-order valence-electron chi connectivity index (χ1n) is 9.69. The minimum Gasteiger partial charge on any atom is -0.324 e. The van der Waals surface area contributed by atoms with Gasteiger partial charge in [0.2, 0.25) is 5.91 Å². The van der Waals surface area contributed by atoms with Crippen molar-refractivity contribution in [3.8, 4) is 0 Å². The smallest absolute Gasteiger partial charge is 0.255 e. The number of thioether (sulfide) groups is 1. The van der Waals surface area contributed by atoms with Crippen molar-refractivity contribution in [1.29, 1.82) is 0 Å². The summed E-state index contributed by atoms with van der Waals surface area (Å²) in [6.07, 6.45) is 0. The van der Waals surface area contributed by atoms with Crippen LogP contribution in [0.2, 0.25) is 0 Å². The first-order chi connectivity index (χ1) is 14.6. The van der Waals surface area contributed by atoms with Gasteiger partial charge in [0.05, 0.1) is 0 Å². The Morgan fingerprint density at radius 1 is 1.00 bits per heavy atom. The van der Waals surface area contributed by atoms with Crippen molar-refractivity contribution in [2.75, 3.05) is 11.1 Å². The molecule has 3 aromatic rings. The second kappa shape index (κ2) is 9.13. The predicted octanol–water partition coefficient (Wildman–Crippen LogP) is 4.72. The van der Waals surface area contributed by atoms with E-state index in [4.69, 9.17) is 0 Å². The standard InChI is InChI=1S/C24H21FN2O2S/c25-19-10-12-20(13-11-19)26-23(28)22(16-30-15-17-6-2-1-3-7-17)27-14-18-8-4-5-9-21(18)24(27)29/h1-13,22H,14-16H2,(H,26,28)/t22-/m0/s1. The summed E-state index contributed by atoms with van der Waals surface area (Å²) in [5.41, 5.74) is 3.24. The fourth-order valence-electron chi connectivity index (χ4n) is 3.46. The lowest BCUT2D eigenvalue weighted by molar-refractivity contribution is -0.119. The van der Waals surface area contributed by atoms with Gasteiger partial charge in [-0.15, -0.1) is 0 Å². The first-order valence-corrected chi connectivity index (χ1v) is 10.8. The highest BCUT2D eigenvalue weighted by atomic mass is 32.2. The average Bonchev–Trinajstić information content (AvgIpc) is 3.10. The molecule has 3 aromatic carbocycles. The molecular formula is C24H21FN2O2S. The molecule has 0 unspecified atom stereocenters. The van der Waals surface area contributed by atoms with Crippen molar-refractivity contribution in [3.05, 3.63) is 101 Å². The molecule has 1 N–H and O–H groups in total. The number of nitrogens with one attached hydrogen (secondary N) is 1. The normalized spacial score (nSPS) is 13.8. The van der Waals surface area contributed by atoms with Crippen LogP contribution in [-0.2, 0) is 17.1 Å². The first kappa shape index (κ1) is 20.2. The number of benzene rings is 3. The third kappa shape index (κ3) is 4.54. The number of anilines is 1. The number of amides is 2. The number of fused-ring (bicyclic) bond motifs is 1. The summed E-state index contributed by atoms with van der Waals surface area (Å²) in [6.45, 7) is 0.405. The van der Waals surface area contributed by atoms with E-state index in [0.717, 1.165) is 16.9 Å². The van der Waals surface area contributed by atoms with Crippen LogP contribution in [0.4, 0.5) is 10.1 Å². The lowest BCUT2D eigenvalue weighted by Gasteiger charge is -2.26. The summed E-state index contributed by atoms with van der Waals surface area (Å²) >= 11 is 1.61. The van der Waals surface area contributed by atoms with Crippen LogP contribution < -0.4 is 5.32 Å². The van der Waals surface area contributed by atoms with Crippen molar-refractivity contribution in [2.24, 2.45) is 0 Å². The molecular weight excluding hydrogens is 399 g/mol. The third-order valence-electron chi connectivity index (χ3n) is 5.03. The molecule has 0 saturated heterocycles. The van der Waals surface area contributed by atoms with Crippen LogP contribution in [0.3, 0.4) is 0 Å². The van der Waals surface area contributed by atoms with E-state index in [1.807, 2.05) is 48.5 Å². The summed E-state index contributed by atoms with van der Waals surface area (Å²) in [7, 11) is 0. The van der Waals surface area contributed by atoms with Crippen LogP contribution in [-0.4, -0.2) is 28.5 Å². The SMILES string of the molecule is O=C(Nc1ccc(F)cc1)[C@H](CSCc1ccccc1)N1Cc2ccccc2C1=O. The van der Waals surface area contributed by atoms with E-state index in [-0.39, 0.29) is 17.6 Å². The maximum absolute atomic E-state index is 13.2. The fourth-order valence-corrected chi connectivity index (χ4v) is 4.56. The van der Waals surface area contributed by atoms with Gasteiger partial charge in [-0.3, -0.25) is 9.59 Å². The van der Waals surface area contributed by atoms with E-state index in [2.05, 4.69) is 5.32 Å². The number of rotatable bonds is 7. The highest BCUT2D eigenvalue weighted by Crippen LogP contribution is 2.27. The van der Waals surface area contributed by atoms with Gasteiger partial charge in [-0.05, 0) is 41.5 Å². The number of hydrogen-bond acceptors (Lipinski definition) is 3. The zero-order chi connectivity index (χ0) is 20.9. The molecule has 0 saturated carbocycles. The lowest BCUT2D eigenvalue weighted by Crippen LogP contribution is -2.46. The van der Waals surface area contributed by atoms with Crippen LogP contribution in [0.5, 0.6) is 0 Å². The Morgan fingerprint density at radius 3 is 2.43 bits per heavy atom. The summed E-state index contributed by atoms with van der Waals surface area (Å²) in [5, 5.41) is 2.83. The van der Waals surface area contributed by atoms with Crippen LogP contribution in [0.1, 0.15) is 21.5 Å².